The molecule has 1 saturated heterocycles. The number of rotatable bonds is 7. The lowest BCUT2D eigenvalue weighted by Gasteiger charge is -2.29. The first-order valence-electron chi connectivity index (χ1n) is 12.2. The van der Waals surface area contributed by atoms with Crippen molar-refractivity contribution in [3.63, 3.8) is 0 Å². The Hall–Kier alpha value is -3.96. The molecule has 4 aromatic rings. The van der Waals surface area contributed by atoms with Crippen LogP contribution in [0.1, 0.15) is 34.7 Å². The molecule has 39 heavy (non-hydrogen) atoms. The third-order valence-electron chi connectivity index (χ3n) is 6.71. The van der Waals surface area contributed by atoms with E-state index >= 15 is 0 Å². The van der Waals surface area contributed by atoms with E-state index in [2.05, 4.69) is 21.1 Å². The molecule has 0 unspecified atom stereocenters. The molecule has 2 N–H and O–H groups in total. The highest BCUT2D eigenvalue weighted by Crippen LogP contribution is 2.45. The Bertz CT molecular complexity index is 1660. The number of hydrogen-bond acceptors (Lipinski definition) is 5. The molecular weight excluding hydrogens is 537 g/mol. The first kappa shape index (κ1) is 26.6. The van der Waals surface area contributed by atoms with E-state index < -0.39 is 10.0 Å². The number of nitrogens with one attached hydrogen (secondary N) is 2. The van der Waals surface area contributed by atoms with Crippen molar-refractivity contribution in [2.45, 2.75) is 25.9 Å². The van der Waals surface area contributed by atoms with Crippen molar-refractivity contribution in [2.75, 3.05) is 23.0 Å². The SMILES string of the molecule is COc1cc(N2C(=S)N[C@@H](c3ccccn3)[C@@H]2c2cc(C)n(-c3cccc(F)c3)c2C)ccc1NS(C)(=O)=O. The van der Waals surface area contributed by atoms with Crippen LogP contribution in [-0.4, -0.2) is 36.4 Å². The summed E-state index contributed by atoms with van der Waals surface area (Å²) in [6.45, 7) is 3.98. The molecule has 0 radical (unpaired) electrons. The molecule has 202 valence electrons. The van der Waals surface area contributed by atoms with Crippen LogP contribution in [0.15, 0.2) is 72.9 Å². The van der Waals surface area contributed by atoms with Crippen molar-refractivity contribution in [1.29, 1.82) is 0 Å². The molecule has 2 atom stereocenters. The number of anilines is 2. The molecule has 5 rings (SSSR count). The van der Waals surface area contributed by atoms with Gasteiger partial charge in [-0.05, 0) is 80.2 Å². The fraction of sp³-hybridized carbons (Fsp3) is 0.214. The Morgan fingerprint density at radius 3 is 2.51 bits per heavy atom. The normalized spacial score (nSPS) is 17.3. The maximum Gasteiger partial charge on any atom is 0.229 e. The second-order valence-electron chi connectivity index (χ2n) is 9.40. The van der Waals surface area contributed by atoms with Crippen LogP contribution in [0.25, 0.3) is 5.69 Å². The van der Waals surface area contributed by atoms with Crippen molar-refractivity contribution in [3.05, 3.63) is 101 Å². The number of hydrogen-bond donors (Lipinski definition) is 2. The number of thiocarbonyl (C=S) groups is 1. The minimum absolute atomic E-state index is 0.292. The van der Waals surface area contributed by atoms with Crippen LogP contribution >= 0.6 is 12.2 Å². The van der Waals surface area contributed by atoms with Crippen LogP contribution in [0.3, 0.4) is 0 Å². The van der Waals surface area contributed by atoms with Crippen molar-refractivity contribution >= 4 is 38.7 Å². The van der Waals surface area contributed by atoms with Crippen LogP contribution in [-0.2, 0) is 10.0 Å². The van der Waals surface area contributed by atoms with E-state index in [1.54, 1.807) is 30.5 Å². The summed E-state index contributed by atoms with van der Waals surface area (Å²) >= 11 is 5.85. The van der Waals surface area contributed by atoms with Gasteiger partial charge in [-0.25, -0.2) is 12.8 Å². The Balaban J connectivity index is 1.67. The number of nitrogens with zero attached hydrogens (tertiary/aromatic N) is 3. The van der Waals surface area contributed by atoms with Crippen molar-refractivity contribution < 1.29 is 17.5 Å². The Morgan fingerprint density at radius 1 is 1.05 bits per heavy atom. The molecule has 3 heterocycles. The predicted molar refractivity (Wildman–Crippen MR) is 155 cm³/mol. The third kappa shape index (κ3) is 5.19. The van der Waals surface area contributed by atoms with E-state index in [-0.39, 0.29) is 17.9 Å². The molecule has 0 spiro atoms. The van der Waals surface area contributed by atoms with E-state index in [1.165, 1.54) is 19.2 Å². The first-order chi connectivity index (χ1) is 18.6. The van der Waals surface area contributed by atoms with Gasteiger partial charge in [-0.3, -0.25) is 9.71 Å². The molecule has 1 fully saturated rings. The maximum absolute atomic E-state index is 14.1. The number of halogens is 1. The zero-order chi connectivity index (χ0) is 27.9. The fourth-order valence-electron chi connectivity index (χ4n) is 5.16. The number of methoxy groups -OCH3 is 1. The lowest BCUT2D eigenvalue weighted by atomic mass is 9.96. The first-order valence-corrected chi connectivity index (χ1v) is 14.5. The number of aryl methyl sites for hydroxylation is 1. The number of benzene rings is 2. The lowest BCUT2D eigenvalue weighted by molar-refractivity contribution is 0.417. The molecule has 2 aromatic heterocycles. The molecule has 2 aromatic carbocycles. The minimum Gasteiger partial charge on any atom is -0.494 e. The second kappa shape index (κ2) is 10.3. The average molecular weight is 566 g/mol. The van der Waals surface area contributed by atoms with Crippen LogP contribution in [0.5, 0.6) is 5.75 Å². The summed E-state index contributed by atoms with van der Waals surface area (Å²) in [5, 5.41) is 3.92. The van der Waals surface area contributed by atoms with Gasteiger partial charge < -0.3 is 19.5 Å². The molecular formula is C28H28FN5O3S2. The van der Waals surface area contributed by atoms with Gasteiger partial charge in [0, 0.05) is 35.0 Å². The highest BCUT2D eigenvalue weighted by atomic mass is 32.2. The molecule has 11 heteroatoms. The van der Waals surface area contributed by atoms with E-state index in [4.69, 9.17) is 17.0 Å². The zero-order valence-corrected chi connectivity index (χ0v) is 23.5. The van der Waals surface area contributed by atoms with Gasteiger partial charge in [-0.2, -0.15) is 0 Å². The van der Waals surface area contributed by atoms with Gasteiger partial charge in [0.05, 0.1) is 36.8 Å². The highest BCUT2D eigenvalue weighted by Gasteiger charge is 2.42. The molecule has 1 aliphatic heterocycles. The monoisotopic (exact) mass is 565 g/mol. The van der Waals surface area contributed by atoms with Gasteiger partial charge >= 0.3 is 0 Å². The highest BCUT2D eigenvalue weighted by molar-refractivity contribution is 7.92. The number of aromatic nitrogens is 2. The quantitative estimate of drug-likeness (QED) is 0.298. The van der Waals surface area contributed by atoms with Crippen LogP contribution in [0, 0.1) is 19.7 Å². The van der Waals surface area contributed by atoms with Gasteiger partial charge in [0.25, 0.3) is 0 Å². The van der Waals surface area contributed by atoms with Crippen LogP contribution in [0.2, 0.25) is 0 Å². The number of ether oxygens (including phenoxy) is 1. The molecule has 8 nitrogen and oxygen atoms in total. The van der Waals surface area contributed by atoms with Gasteiger partial charge in [0.15, 0.2) is 5.11 Å². The summed E-state index contributed by atoms with van der Waals surface area (Å²) < 4.78 is 47.9. The van der Waals surface area contributed by atoms with E-state index in [0.717, 1.165) is 34.6 Å². The summed E-state index contributed by atoms with van der Waals surface area (Å²) in [5.74, 6) is 0.0409. The van der Waals surface area contributed by atoms with Gasteiger partial charge in [-0.1, -0.05) is 12.1 Å². The Labute approximate surface area is 232 Å². The third-order valence-corrected chi connectivity index (χ3v) is 7.62. The summed E-state index contributed by atoms with van der Waals surface area (Å²) in [7, 11) is -2.03. The Morgan fingerprint density at radius 2 is 1.85 bits per heavy atom. The fourth-order valence-corrected chi connectivity index (χ4v) is 6.08. The molecule has 0 saturated carbocycles. The largest absolute Gasteiger partial charge is 0.494 e. The Kier molecular flexibility index (Phi) is 7.04. The van der Waals surface area contributed by atoms with Crippen molar-refractivity contribution in [1.82, 2.24) is 14.9 Å². The smallest absolute Gasteiger partial charge is 0.229 e. The van der Waals surface area contributed by atoms with E-state index in [9.17, 15) is 12.8 Å². The van der Waals surface area contributed by atoms with Gasteiger partial charge in [0.1, 0.15) is 11.6 Å². The summed E-state index contributed by atoms with van der Waals surface area (Å²) in [6, 6.07) is 18.9. The molecule has 0 aliphatic carbocycles. The maximum atomic E-state index is 14.1. The topological polar surface area (TPSA) is 88.5 Å². The van der Waals surface area contributed by atoms with Crippen molar-refractivity contribution in [2.24, 2.45) is 0 Å². The van der Waals surface area contributed by atoms with Crippen molar-refractivity contribution in [3.8, 4) is 11.4 Å². The molecule has 0 amide bonds. The number of sulfonamides is 1. The summed E-state index contributed by atoms with van der Waals surface area (Å²) in [6.07, 6.45) is 2.83. The number of pyridine rings is 1. The van der Waals surface area contributed by atoms with Crippen LogP contribution < -0.4 is 19.7 Å². The van der Waals surface area contributed by atoms with E-state index in [0.29, 0.717) is 22.2 Å². The lowest BCUT2D eigenvalue weighted by Crippen LogP contribution is -2.29. The standard InChI is InChI=1S/C28H28FN5O3S2/c1-17-14-22(18(2)33(17)20-9-7-8-19(29)15-20)27-26(24-10-5-6-13-30-24)31-28(38)34(27)21-11-12-23(25(16-21)37-3)32-39(4,35)36/h5-16,26-27,32H,1-4H3,(H,31,38)/t26-,27-/m0/s1. The molecule has 1 aliphatic rings. The summed E-state index contributed by atoms with van der Waals surface area (Å²) in [5.41, 5.74) is 5.43. The van der Waals surface area contributed by atoms with Crippen LogP contribution in [0.4, 0.5) is 15.8 Å². The second-order valence-corrected chi connectivity index (χ2v) is 11.5. The summed E-state index contributed by atoms with van der Waals surface area (Å²) in [4.78, 5) is 6.59. The average Bonchev–Trinajstić information content (AvgIpc) is 3.38. The zero-order valence-electron chi connectivity index (χ0n) is 21.8. The van der Waals surface area contributed by atoms with Gasteiger partial charge in [0.2, 0.25) is 10.0 Å². The molecule has 0 bridgehead atoms. The predicted octanol–water partition coefficient (Wildman–Crippen LogP) is 5.19. The van der Waals surface area contributed by atoms with Gasteiger partial charge in [-0.15, -0.1) is 0 Å². The van der Waals surface area contributed by atoms with E-state index in [1.807, 2.05) is 47.6 Å². The minimum atomic E-state index is -3.51.